The molecule has 3 atom stereocenters. The maximum atomic E-state index is 13.9. The molecule has 4 rings (SSSR count). The Labute approximate surface area is 202 Å². The number of benzene rings is 2. The fourth-order valence-electron chi connectivity index (χ4n) is 4.26. The Hall–Kier alpha value is -3.72. The largest absolute Gasteiger partial charge is 0.495 e. The maximum Gasteiger partial charge on any atom is 0.289 e. The number of hydrogen-bond donors (Lipinski definition) is 1. The van der Waals surface area contributed by atoms with E-state index in [2.05, 4.69) is 4.98 Å². The van der Waals surface area contributed by atoms with Crippen molar-refractivity contribution in [3.63, 3.8) is 0 Å². The lowest BCUT2D eigenvalue weighted by molar-refractivity contribution is -0.145. The van der Waals surface area contributed by atoms with Crippen molar-refractivity contribution in [2.45, 2.75) is 39.0 Å². The lowest BCUT2D eigenvalue weighted by Crippen LogP contribution is -2.48. The number of carbonyl (C=O) groups excluding carboxylic acids is 1. The van der Waals surface area contributed by atoms with Crippen LogP contribution in [0.1, 0.15) is 36.7 Å². The van der Waals surface area contributed by atoms with Crippen molar-refractivity contribution < 1.29 is 28.2 Å². The molecule has 7 nitrogen and oxygen atoms in total. The molecule has 0 aliphatic carbocycles. The molecule has 0 saturated carbocycles. The summed E-state index contributed by atoms with van der Waals surface area (Å²) in [5.74, 6) is -1.85. The fraction of sp³-hybridized carbons (Fsp3) is 0.308. The summed E-state index contributed by atoms with van der Waals surface area (Å²) in [5.41, 5.74) is 2.61. The van der Waals surface area contributed by atoms with E-state index >= 15 is 0 Å². The zero-order chi connectivity index (χ0) is 25.3. The van der Waals surface area contributed by atoms with Crippen LogP contribution in [0, 0.1) is 18.6 Å². The van der Waals surface area contributed by atoms with Crippen molar-refractivity contribution in [2.24, 2.45) is 0 Å². The minimum atomic E-state index is -1.04. The zero-order valence-electron chi connectivity index (χ0n) is 19.9. The second kappa shape index (κ2) is 9.87. The Bertz CT molecular complexity index is 1270. The maximum absolute atomic E-state index is 13.9. The summed E-state index contributed by atoms with van der Waals surface area (Å²) in [6.45, 7) is 5.36. The molecular formula is C26H27F2N3O4. The van der Waals surface area contributed by atoms with Crippen molar-refractivity contribution in [1.82, 2.24) is 14.5 Å². The lowest BCUT2D eigenvalue weighted by Gasteiger charge is -2.39. The van der Waals surface area contributed by atoms with Crippen molar-refractivity contribution in [1.29, 1.82) is 0 Å². The summed E-state index contributed by atoms with van der Waals surface area (Å²) in [7, 11) is 1.56. The minimum absolute atomic E-state index is 0.0743. The summed E-state index contributed by atoms with van der Waals surface area (Å²) >= 11 is 0. The second-order valence-corrected chi connectivity index (χ2v) is 8.61. The fourth-order valence-corrected chi connectivity index (χ4v) is 4.26. The number of imidazole rings is 1. The Morgan fingerprint density at radius 3 is 2.63 bits per heavy atom. The number of ether oxygens (including phenoxy) is 2. The highest BCUT2D eigenvalue weighted by atomic mass is 19.2. The van der Waals surface area contributed by atoms with Gasteiger partial charge in [-0.3, -0.25) is 4.79 Å². The van der Waals surface area contributed by atoms with Gasteiger partial charge >= 0.3 is 0 Å². The molecule has 0 unspecified atom stereocenters. The van der Waals surface area contributed by atoms with Crippen LogP contribution >= 0.6 is 0 Å². The number of nitrogens with zero attached hydrogens (tertiary/aromatic N) is 3. The van der Waals surface area contributed by atoms with Crippen molar-refractivity contribution in [3.8, 4) is 11.4 Å². The topological polar surface area (TPSA) is 76.8 Å². The summed E-state index contributed by atoms with van der Waals surface area (Å²) in [6, 6.07) is 7.93. The highest BCUT2D eigenvalue weighted by Gasteiger charge is 2.37. The Balaban J connectivity index is 1.68. The van der Waals surface area contributed by atoms with E-state index in [0.29, 0.717) is 16.9 Å². The Morgan fingerprint density at radius 2 is 2.00 bits per heavy atom. The molecule has 9 heteroatoms. The molecule has 1 aliphatic heterocycles. The molecule has 2 heterocycles. The number of carbonyl (C=O) groups is 1. The van der Waals surface area contributed by atoms with Gasteiger partial charge in [0, 0.05) is 6.20 Å². The number of aliphatic hydroxyl groups is 1. The van der Waals surface area contributed by atoms with Crippen LogP contribution in [0.25, 0.3) is 11.8 Å². The van der Waals surface area contributed by atoms with Crippen LogP contribution in [0.5, 0.6) is 5.75 Å². The number of methoxy groups -OCH3 is 1. The normalized spacial score (nSPS) is 18.9. The third-order valence-corrected chi connectivity index (χ3v) is 5.82. The average molecular weight is 484 g/mol. The van der Waals surface area contributed by atoms with Gasteiger partial charge in [0.05, 0.1) is 43.5 Å². The average Bonchev–Trinajstić information content (AvgIpc) is 3.25. The van der Waals surface area contributed by atoms with E-state index in [9.17, 15) is 18.7 Å². The van der Waals surface area contributed by atoms with E-state index in [1.54, 1.807) is 32.5 Å². The van der Waals surface area contributed by atoms with E-state index in [4.69, 9.17) is 9.47 Å². The minimum Gasteiger partial charge on any atom is -0.495 e. The van der Waals surface area contributed by atoms with Crippen LogP contribution in [0.4, 0.5) is 8.78 Å². The molecule has 1 amide bonds. The molecule has 184 valence electrons. The molecule has 0 spiro atoms. The first-order valence-corrected chi connectivity index (χ1v) is 11.2. The Kier molecular flexibility index (Phi) is 6.88. The van der Waals surface area contributed by atoms with Crippen LogP contribution in [-0.2, 0) is 9.53 Å². The van der Waals surface area contributed by atoms with E-state index in [1.165, 1.54) is 17.9 Å². The predicted octanol–water partition coefficient (Wildman–Crippen LogP) is 4.18. The second-order valence-electron chi connectivity index (χ2n) is 8.61. The first-order chi connectivity index (χ1) is 16.7. The first-order valence-electron chi connectivity index (χ1n) is 11.2. The quantitative estimate of drug-likeness (QED) is 0.533. The monoisotopic (exact) mass is 483 g/mol. The lowest BCUT2D eigenvalue weighted by atomic mass is 9.98. The smallest absolute Gasteiger partial charge is 0.289 e. The van der Waals surface area contributed by atoms with Gasteiger partial charge in [0.2, 0.25) is 0 Å². The molecule has 3 aromatic rings. The van der Waals surface area contributed by atoms with Gasteiger partial charge in [-0.25, -0.2) is 13.8 Å². The molecule has 1 aromatic heterocycles. The number of aryl methyl sites for hydroxylation is 1. The molecule has 1 fully saturated rings. The van der Waals surface area contributed by atoms with Crippen LogP contribution in [0.15, 0.2) is 54.7 Å². The van der Waals surface area contributed by atoms with Crippen LogP contribution < -0.4 is 4.74 Å². The predicted molar refractivity (Wildman–Crippen MR) is 126 cm³/mol. The van der Waals surface area contributed by atoms with Crippen LogP contribution in [0.3, 0.4) is 0 Å². The number of morpholine rings is 1. The van der Waals surface area contributed by atoms with Gasteiger partial charge in [0.1, 0.15) is 11.9 Å². The van der Waals surface area contributed by atoms with E-state index in [0.717, 1.165) is 23.5 Å². The third-order valence-electron chi connectivity index (χ3n) is 5.82. The first kappa shape index (κ1) is 24.4. The van der Waals surface area contributed by atoms with Gasteiger partial charge in [-0.2, -0.15) is 0 Å². The van der Waals surface area contributed by atoms with Gasteiger partial charge < -0.3 is 24.0 Å². The van der Waals surface area contributed by atoms with Crippen LogP contribution in [0.2, 0.25) is 0 Å². The van der Waals surface area contributed by atoms with Gasteiger partial charge in [-0.1, -0.05) is 12.1 Å². The Morgan fingerprint density at radius 1 is 1.23 bits per heavy atom. The molecule has 1 aliphatic rings. The van der Waals surface area contributed by atoms with Crippen LogP contribution in [-0.4, -0.2) is 51.3 Å². The summed E-state index contributed by atoms with van der Waals surface area (Å²) in [6.07, 6.45) is 3.74. The molecule has 0 radical (unpaired) electrons. The number of halogens is 2. The third kappa shape index (κ3) is 5.05. The van der Waals surface area contributed by atoms with E-state index < -0.39 is 29.7 Å². The number of amides is 1. The number of aromatic nitrogens is 2. The standard InChI is InChI=1S/C26H27F2N3O4/c1-15-12-30(14-29-15)22-8-5-18(9-23(22)34-4)10-24-26(33)31(13-16(2)35-24)25(17(3)32)19-6-7-20(27)21(28)11-19/h5-12,14,16-17,25,32H,13H2,1-4H3/t16-,17+,25-/m0/s1. The van der Waals surface area contributed by atoms with Gasteiger partial charge in [0.15, 0.2) is 17.4 Å². The van der Waals surface area contributed by atoms with E-state index in [-0.39, 0.29) is 18.4 Å². The number of rotatable bonds is 6. The van der Waals surface area contributed by atoms with Crippen molar-refractivity contribution in [2.75, 3.05) is 13.7 Å². The number of aliphatic hydroxyl groups excluding tert-OH is 1. The van der Waals surface area contributed by atoms with Crippen molar-refractivity contribution in [3.05, 3.63) is 83.1 Å². The van der Waals surface area contributed by atoms with Gasteiger partial charge in [-0.15, -0.1) is 0 Å². The molecule has 1 N–H and O–H groups in total. The zero-order valence-corrected chi connectivity index (χ0v) is 19.9. The highest BCUT2D eigenvalue weighted by molar-refractivity contribution is 5.97. The molecule has 35 heavy (non-hydrogen) atoms. The van der Waals surface area contributed by atoms with Gasteiger partial charge in [-0.05, 0) is 62.2 Å². The molecule has 0 bridgehead atoms. The van der Waals surface area contributed by atoms with Gasteiger partial charge in [0.25, 0.3) is 5.91 Å². The summed E-state index contributed by atoms with van der Waals surface area (Å²) < 4.78 is 40.6. The van der Waals surface area contributed by atoms with E-state index in [1.807, 2.05) is 29.8 Å². The molecule has 2 aromatic carbocycles. The summed E-state index contributed by atoms with van der Waals surface area (Å²) in [5, 5.41) is 10.5. The highest BCUT2D eigenvalue weighted by Crippen LogP contribution is 2.32. The number of hydrogen-bond acceptors (Lipinski definition) is 5. The van der Waals surface area contributed by atoms with Crippen molar-refractivity contribution >= 4 is 12.0 Å². The molecular weight excluding hydrogens is 456 g/mol. The molecule has 1 saturated heterocycles. The summed E-state index contributed by atoms with van der Waals surface area (Å²) in [4.78, 5) is 19.1. The SMILES string of the molecule is COc1cc(C=C2O[C@@H](C)CN([C@H](c3ccc(F)c(F)c3)[C@@H](C)O)C2=O)ccc1-n1cnc(C)c1.